The van der Waals surface area contributed by atoms with Crippen LogP contribution in [-0.4, -0.2) is 43.3 Å². The molecular weight excluding hydrogens is 292 g/mol. The molecule has 112 valence electrons. The fourth-order valence-corrected chi connectivity index (χ4v) is 3.55. The van der Waals surface area contributed by atoms with Gasteiger partial charge in [-0.15, -0.1) is 0 Å². The molecule has 2 heterocycles. The van der Waals surface area contributed by atoms with Gasteiger partial charge in [-0.2, -0.15) is 9.98 Å². The summed E-state index contributed by atoms with van der Waals surface area (Å²) in [5.74, 6) is -0.251. The fourth-order valence-electron chi connectivity index (χ4n) is 2.25. The lowest BCUT2D eigenvalue weighted by atomic mass is 10.3. The lowest BCUT2D eigenvalue weighted by molar-refractivity contribution is -0.131. The van der Waals surface area contributed by atoms with Crippen molar-refractivity contribution in [2.24, 2.45) is 0 Å². The van der Waals surface area contributed by atoms with Crippen LogP contribution in [0, 0.1) is 11.3 Å². The van der Waals surface area contributed by atoms with Crippen molar-refractivity contribution in [1.29, 1.82) is 5.26 Å². The molecule has 0 saturated carbocycles. The smallest absolute Gasteiger partial charge is 0.244 e. The Morgan fingerprint density at radius 2 is 2.14 bits per heavy atom. The number of hydrogen-bond donors (Lipinski definition) is 1. The summed E-state index contributed by atoms with van der Waals surface area (Å²) in [4.78, 5) is 17.3. The van der Waals surface area contributed by atoms with Gasteiger partial charge in [0.25, 0.3) is 0 Å². The van der Waals surface area contributed by atoms with E-state index in [2.05, 4.69) is 9.71 Å². The number of nitrogens with zero attached hydrogens (tertiary/aromatic N) is 3. The van der Waals surface area contributed by atoms with E-state index in [-0.39, 0.29) is 16.5 Å². The summed E-state index contributed by atoms with van der Waals surface area (Å²) in [5.41, 5.74) is -0.189. The fraction of sp³-hybridized carbons (Fsp3) is 0.462. The Morgan fingerprint density at radius 3 is 2.76 bits per heavy atom. The van der Waals surface area contributed by atoms with Gasteiger partial charge in [0.05, 0.1) is 6.04 Å². The molecule has 1 aromatic heterocycles. The lowest BCUT2D eigenvalue weighted by Crippen LogP contribution is -2.46. The first-order valence-corrected chi connectivity index (χ1v) is 8.10. The minimum Gasteiger partial charge on any atom is -0.341 e. The van der Waals surface area contributed by atoms with E-state index in [9.17, 15) is 13.2 Å². The Morgan fingerprint density at radius 1 is 1.48 bits per heavy atom. The molecule has 1 atom stereocenters. The van der Waals surface area contributed by atoms with Crippen molar-refractivity contribution in [3.8, 4) is 6.07 Å². The van der Waals surface area contributed by atoms with Crippen LogP contribution < -0.4 is 4.72 Å². The number of rotatable bonds is 4. The predicted octanol–water partition coefficient (Wildman–Crippen LogP) is 0.242. The zero-order chi connectivity index (χ0) is 15.5. The standard InChI is InChI=1S/C13H16N4O3S/c1-10(13(18)17-7-2-3-8-17)16-21(19,20)12-5-4-6-15-11(12)9-14/h4-6,10,16H,2-3,7-8H2,1H3. The van der Waals surface area contributed by atoms with Crippen molar-refractivity contribution in [2.75, 3.05) is 13.1 Å². The third kappa shape index (κ3) is 3.37. The highest BCUT2D eigenvalue weighted by molar-refractivity contribution is 7.89. The quantitative estimate of drug-likeness (QED) is 0.858. The number of nitrogens with one attached hydrogen (secondary N) is 1. The second-order valence-corrected chi connectivity index (χ2v) is 6.52. The van der Waals surface area contributed by atoms with Crippen LogP contribution in [0.5, 0.6) is 0 Å². The summed E-state index contributed by atoms with van der Waals surface area (Å²) in [7, 11) is -3.96. The van der Waals surface area contributed by atoms with Crippen LogP contribution in [0.3, 0.4) is 0 Å². The summed E-state index contributed by atoms with van der Waals surface area (Å²) < 4.78 is 26.9. The largest absolute Gasteiger partial charge is 0.341 e. The predicted molar refractivity (Wildman–Crippen MR) is 74.5 cm³/mol. The van der Waals surface area contributed by atoms with E-state index in [1.165, 1.54) is 25.3 Å². The summed E-state index contributed by atoms with van der Waals surface area (Å²) in [6, 6.07) is 3.58. The van der Waals surface area contributed by atoms with Gasteiger partial charge in [0.2, 0.25) is 15.9 Å². The molecule has 1 fully saturated rings. The Kier molecular flexibility index (Phi) is 4.55. The monoisotopic (exact) mass is 308 g/mol. The van der Waals surface area contributed by atoms with Crippen molar-refractivity contribution in [2.45, 2.75) is 30.7 Å². The number of likely N-dealkylation sites (tertiary alicyclic amines) is 1. The number of carbonyl (C=O) groups excluding carboxylic acids is 1. The van der Waals surface area contributed by atoms with Crippen LogP contribution in [0.15, 0.2) is 23.2 Å². The summed E-state index contributed by atoms with van der Waals surface area (Å²) in [5, 5.41) is 8.92. The number of nitriles is 1. The zero-order valence-electron chi connectivity index (χ0n) is 11.6. The van der Waals surface area contributed by atoms with Crippen molar-refractivity contribution < 1.29 is 13.2 Å². The lowest BCUT2D eigenvalue weighted by Gasteiger charge is -2.21. The molecule has 7 nitrogen and oxygen atoms in total. The molecule has 1 saturated heterocycles. The van der Waals surface area contributed by atoms with Gasteiger partial charge in [-0.1, -0.05) is 0 Å². The molecule has 2 rings (SSSR count). The molecule has 1 amide bonds. The third-order valence-corrected chi connectivity index (χ3v) is 4.86. The van der Waals surface area contributed by atoms with Gasteiger partial charge in [0.15, 0.2) is 5.69 Å². The van der Waals surface area contributed by atoms with E-state index in [0.29, 0.717) is 13.1 Å². The average molecular weight is 308 g/mol. The molecule has 1 aromatic rings. The molecule has 0 aromatic carbocycles. The molecule has 21 heavy (non-hydrogen) atoms. The van der Waals surface area contributed by atoms with Gasteiger partial charge in [0.1, 0.15) is 11.0 Å². The number of hydrogen-bond acceptors (Lipinski definition) is 5. The highest BCUT2D eigenvalue weighted by Gasteiger charge is 2.28. The van der Waals surface area contributed by atoms with Crippen molar-refractivity contribution in [3.63, 3.8) is 0 Å². The maximum atomic E-state index is 12.3. The van der Waals surface area contributed by atoms with Crippen LogP contribution >= 0.6 is 0 Å². The number of aromatic nitrogens is 1. The van der Waals surface area contributed by atoms with Crippen LogP contribution in [0.25, 0.3) is 0 Å². The number of amides is 1. The Labute approximate surface area is 123 Å². The SMILES string of the molecule is CC(NS(=O)(=O)c1cccnc1C#N)C(=O)N1CCCC1. The molecule has 0 aliphatic carbocycles. The van der Waals surface area contributed by atoms with Gasteiger partial charge >= 0.3 is 0 Å². The average Bonchev–Trinajstić information content (AvgIpc) is 3.00. The topological polar surface area (TPSA) is 103 Å². The van der Waals surface area contributed by atoms with Crippen LogP contribution in [-0.2, 0) is 14.8 Å². The van der Waals surface area contributed by atoms with Gasteiger partial charge in [-0.05, 0) is 31.9 Å². The Balaban J connectivity index is 2.17. The van der Waals surface area contributed by atoms with E-state index in [4.69, 9.17) is 5.26 Å². The maximum Gasteiger partial charge on any atom is 0.244 e. The van der Waals surface area contributed by atoms with Crippen LogP contribution in [0.1, 0.15) is 25.5 Å². The van der Waals surface area contributed by atoms with E-state index < -0.39 is 16.1 Å². The highest BCUT2D eigenvalue weighted by Crippen LogP contribution is 2.14. The molecule has 1 aliphatic heterocycles. The minimum absolute atomic E-state index is 0.189. The first kappa shape index (κ1) is 15.4. The van der Waals surface area contributed by atoms with E-state index >= 15 is 0 Å². The van der Waals surface area contributed by atoms with Gasteiger partial charge < -0.3 is 4.90 Å². The normalized spacial score (nSPS) is 16.5. The molecule has 1 N–H and O–H groups in total. The first-order chi connectivity index (χ1) is 9.95. The molecule has 0 spiro atoms. The molecule has 1 unspecified atom stereocenters. The van der Waals surface area contributed by atoms with Crippen LogP contribution in [0.2, 0.25) is 0 Å². The summed E-state index contributed by atoms with van der Waals surface area (Å²) in [6.07, 6.45) is 3.22. The zero-order valence-corrected chi connectivity index (χ0v) is 12.4. The molecule has 0 radical (unpaired) electrons. The second kappa shape index (κ2) is 6.20. The maximum absolute atomic E-state index is 12.3. The first-order valence-electron chi connectivity index (χ1n) is 6.62. The highest BCUT2D eigenvalue weighted by atomic mass is 32.2. The van der Waals surface area contributed by atoms with Crippen molar-refractivity contribution >= 4 is 15.9 Å². The van der Waals surface area contributed by atoms with E-state index in [0.717, 1.165) is 12.8 Å². The van der Waals surface area contributed by atoms with Gasteiger partial charge in [-0.25, -0.2) is 13.4 Å². The van der Waals surface area contributed by atoms with E-state index in [1.807, 2.05) is 0 Å². The second-order valence-electron chi connectivity index (χ2n) is 4.84. The Bertz CT molecular complexity index is 675. The summed E-state index contributed by atoms with van der Waals surface area (Å²) in [6.45, 7) is 2.81. The van der Waals surface area contributed by atoms with Crippen molar-refractivity contribution in [3.05, 3.63) is 24.0 Å². The third-order valence-electron chi connectivity index (χ3n) is 3.29. The van der Waals surface area contributed by atoms with E-state index in [1.54, 1.807) is 11.0 Å². The molecular formula is C13H16N4O3S. The van der Waals surface area contributed by atoms with Crippen molar-refractivity contribution in [1.82, 2.24) is 14.6 Å². The van der Waals surface area contributed by atoms with Gasteiger partial charge in [-0.3, -0.25) is 4.79 Å². The Hall–Kier alpha value is -1.98. The minimum atomic E-state index is -3.96. The molecule has 1 aliphatic rings. The summed E-state index contributed by atoms with van der Waals surface area (Å²) >= 11 is 0. The molecule has 0 bridgehead atoms. The molecule has 8 heteroatoms. The number of carbonyl (C=O) groups is 1. The van der Waals surface area contributed by atoms with Gasteiger partial charge in [0, 0.05) is 19.3 Å². The van der Waals surface area contributed by atoms with Crippen LogP contribution in [0.4, 0.5) is 0 Å². The number of pyridine rings is 1. The number of sulfonamides is 1.